The normalized spacial score (nSPS) is 10.2. The van der Waals surface area contributed by atoms with Gasteiger partial charge in [-0.25, -0.2) is 0 Å². The summed E-state index contributed by atoms with van der Waals surface area (Å²) in [6.07, 6.45) is 2.70. The Hall–Kier alpha value is -2.17. The van der Waals surface area contributed by atoms with Crippen LogP contribution in [0.25, 0.3) is 0 Å². The van der Waals surface area contributed by atoms with Crippen LogP contribution in [0.4, 0.5) is 5.82 Å². The Morgan fingerprint density at radius 1 is 1.35 bits per heavy atom. The number of nitrogens with one attached hydrogen (secondary N) is 1. The summed E-state index contributed by atoms with van der Waals surface area (Å²) in [4.78, 5) is 13.0. The fourth-order valence-electron chi connectivity index (χ4n) is 1.51. The van der Waals surface area contributed by atoms with Gasteiger partial charge in [-0.3, -0.25) is 4.79 Å². The van der Waals surface area contributed by atoms with Crippen LogP contribution in [0.2, 0.25) is 0 Å². The number of nitrogens with zero attached hydrogens (tertiary/aromatic N) is 3. The molecule has 0 aliphatic carbocycles. The van der Waals surface area contributed by atoms with Gasteiger partial charge in [-0.15, -0.1) is 5.10 Å². The van der Waals surface area contributed by atoms with E-state index >= 15 is 0 Å². The van der Waals surface area contributed by atoms with Gasteiger partial charge in [0.05, 0.1) is 6.20 Å². The van der Waals surface area contributed by atoms with Crippen molar-refractivity contribution >= 4 is 11.7 Å². The Morgan fingerprint density at radius 3 is 2.76 bits per heavy atom. The fraction of sp³-hybridized carbons (Fsp3) is 0.250. The van der Waals surface area contributed by atoms with Gasteiger partial charge in [-0.05, 0) is 12.0 Å². The Kier molecular flexibility index (Phi) is 3.49. The average molecular weight is 230 g/mol. The maximum Gasteiger partial charge on any atom is 0.225 e. The van der Waals surface area contributed by atoms with Crippen LogP contribution in [0.15, 0.2) is 36.5 Å². The van der Waals surface area contributed by atoms with Crippen LogP contribution in [0.5, 0.6) is 0 Å². The molecule has 0 saturated heterocycles. The SMILES string of the molecule is Cn1ncc(NC(=O)CCc2ccccc2)n1. The average Bonchev–Trinajstić information content (AvgIpc) is 2.73. The summed E-state index contributed by atoms with van der Waals surface area (Å²) >= 11 is 0. The molecule has 2 aromatic rings. The van der Waals surface area contributed by atoms with Gasteiger partial charge in [0.2, 0.25) is 5.91 Å². The van der Waals surface area contributed by atoms with Crippen molar-refractivity contribution in [3.63, 3.8) is 0 Å². The number of hydrogen-bond acceptors (Lipinski definition) is 3. The third-order valence-electron chi connectivity index (χ3n) is 2.35. The Bertz CT molecular complexity index is 492. The number of rotatable bonds is 4. The maximum absolute atomic E-state index is 11.6. The molecule has 1 N–H and O–H groups in total. The molecule has 5 nitrogen and oxygen atoms in total. The van der Waals surface area contributed by atoms with Gasteiger partial charge in [-0.2, -0.15) is 9.90 Å². The molecule has 0 aliphatic heterocycles. The number of anilines is 1. The van der Waals surface area contributed by atoms with Gasteiger partial charge >= 0.3 is 0 Å². The molecule has 0 aliphatic rings. The van der Waals surface area contributed by atoms with Crippen molar-refractivity contribution in [1.82, 2.24) is 15.0 Å². The Morgan fingerprint density at radius 2 is 2.12 bits per heavy atom. The predicted octanol–water partition coefficient (Wildman–Crippen LogP) is 1.39. The second-order valence-corrected chi connectivity index (χ2v) is 3.75. The van der Waals surface area contributed by atoms with Gasteiger partial charge in [-0.1, -0.05) is 30.3 Å². The summed E-state index contributed by atoms with van der Waals surface area (Å²) < 4.78 is 0. The highest BCUT2D eigenvalue weighted by molar-refractivity contribution is 5.89. The summed E-state index contributed by atoms with van der Waals surface area (Å²) in [6, 6.07) is 9.92. The molecule has 17 heavy (non-hydrogen) atoms. The lowest BCUT2D eigenvalue weighted by molar-refractivity contribution is -0.116. The Labute approximate surface area is 99.5 Å². The summed E-state index contributed by atoms with van der Waals surface area (Å²) in [5.41, 5.74) is 1.15. The van der Waals surface area contributed by atoms with Crippen LogP contribution in [0.3, 0.4) is 0 Å². The minimum absolute atomic E-state index is 0.0469. The molecular weight excluding hydrogens is 216 g/mol. The fourth-order valence-corrected chi connectivity index (χ4v) is 1.51. The smallest absolute Gasteiger partial charge is 0.225 e. The lowest BCUT2D eigenvalue weighted by Crippen LogP contribution is -2.12. The second kappa shape index (κ2) is 5.25. The van der Waals surface area contributed by atoms with Crippen molar-refractivity contribution in [2.75, 3.05) is 5.32 Å². The zero-order chi connectivity index (χ0) is 12.1. The lowest BCUT2D eigenvalue weighted by atomic mass is 10.1. The molecule has 5 heteroatoms. The summed E-state index contributed by atoms with van der Waals surface area (Å²) in [7, 11) is 1.71. The minimum Gasteiger partial charge on any atom is -0.308 e. The maximum atomic E-state index is 11.6. The number of aromatic nitrogens is 3. The van der Waals surface area contributed by atoms with Crippen molar-refractivity contribution in [3.8, 4) is 0 Å². The standard InChI is InChI=1S/C12H14N4O/c1-16-13-9-11(15-16)14-12(17)8-7-10-5-3-2-4-6-10/h2-6,9H,7-8H2,1H3,(H,14,15,17). The van der Waals surface area contributed by atoms with Crippen LogP contribution >= 0.6 is 0 Å². The quantitative estimate of drug-likeness (QED) is 0.863. The molecular formula is C12H14N4O. The molecule has 88 valence electrons. The van der Waals surface area contributed by atoms with Gasteiger partial charge < -0.3 is 5.32 Å². The van der Waals surface area contributed by atoms with Gasteiger partial charge in [0.15, 0.2) is 5.82 Å². The molecule has 0 fully saturated rings. The molecule has 0 spiro atoms. The molecule has 0 saturated carbocycles. The highest BCUT2D eigenvalue weighted by Crippen LogP contribution is 2.04. The largest absolute Gasteiger partial charge is 0.308 e. The third kappa shape index (κ3) is 3.41. The van der Waals surface area contributed by atoms with E-state index < -0.39 is 0 Å². The monoisotopic (exact) mass is 230 g/mol. The first-order valence-corrected chi connectivity index (χ1v) is 5.44. The van der Waals surface area contributed by atoms with E-state index in [0.717, 1.165) is 12.0 Å². The molecule has 1 heterocycles. The van der Waals surface area contributed by atoms with E-state index in [2.05, 4.69) is 15.5 Å². The first-order valence-electron chi connectivity index (χ1n) is 5.44. The van der Waals surface area contributed by atoms with E-state index in [0.29, 0.717) is 12.2 Å². The zero-order valence-corrected chi connectivity index (χ0v) is 9.63. The van der Waals surface area contributed by atoms with E-state index in [1.54, 1.807) is 7.05 Å². The Balaban J connectivity index is 1.82. The minimum atomic E-state index is -0.0469. The molecule has 0 unspecified atom stereocenters. The van der Waals surface area contributed by atoms with Crippen LogP contribution in [-0.4, -0.2) is 20.9 Å². The van der Waals surface area contributed by atoms with Gasteiger partial charge in [0.25, 0.3) is 0 Å². The number of benzene rings is 1. The molecule has 2 rings (SSSR count). The number of aryl methyl sites for hydroxylation is 2. The molecule has 1 amide bonds. The van der Waals surface area contributed by atoms with Crippen molar-refractivity contribution in [1.29, 1.82) is 0 Å². The van der Waals surface area contributed by atoms with E-state index in [1.807, 2.05) is 30.3 Å². The van der Waals surface area contributed by atoms with E-state index in [4.69, 9.17) is 0 Å². The molecule has 0 radical (unpaired) electrons. The van der Waals surface area contributed by atoms with Crippen LogP contribution in [0.1, 0.15) is 12.0 Å². The molecule has 0 atom stereocenters. The highest BCUT2D eigenvalue weighted by Gasteiger charge is 2.05. The first kappa shape index (κ1) is 11.3. The predicted molar refractivity (Wildman–Crippen MR) is 64.4 cm³/mol. The summed E-state index contributed by atoms with van der Waals surface area (Å²) in [5.74, 6) is 0.444. The molecule has 1 aromatic heterocycles. The first-order chi connectivity index (χ1) is 8.24. The number of carbonyl (C=O) groups is 1. The molecule has 0 bridgehead atoms. The van der Waals surface area contributed by atoms with Crippen LogP contribution in [0, 0.1) is 0 Å². The highest BCUT2D eigenvalue weighted by atomic mass is 16.1. The third-order valence-corrected chi connectivity index (χ3v) is 2.35. The van der Waals surface area contributed by atoms with Crippen LogP contribution < -0.4 is 5.32 Å². The second-order valence-electron chi connectivity index (χ2n) is 3.75. The van der Waals surface area contributed by atoms with Crippen molar-refractivity contribution in [3.05, 3.63) is 42.1 Å². The van der Waals surface area contributed by atoms with Crippen molar-refractivity contribution in [2.45, 2.75) is 12.8 Å². The number of amides is 1. The summed E-state index contributed by atoms with van der Waals surface area (Å²) in [6.45, 7) is 0. The van der Waals surface area contributed by atoms with E-state index in [-0.39, 0.29) is 5.91 Å². The van der Waals surface area contributed by atoms with E-state index in [1.165, 1.54) is 11.0 Å². The van der Waals surface area contributed by atoms with Crippen molar-refractivity contribution in [2.24, 2.45) is 7.05 Å². The zero-order valence-electron chi connectivity index (χ0n) is 9.63. The topological polar surface area (TPSA) is 59.8 Å². The lowest BCUT2D eigenvalue weighted by Gasteiger charge is -2.01. The van der Waals surface area contributed by atoms with E-state index in [9.17, 15) is 4.79 Å². The van der Waals surface area contributed by atoms with Gasteiger partial charge in [0, 0.05) is 13.5 Å². The van der Waals surface area contributed by atoms with Gasteiger partial charge in [0.1, 0.15) is 0 Å². The van der Waals surface area contributed by atoms with Crippen molar-refractivity contribution < 1.29 is 4.79 Å². The number of carbonyl (C=O) groups excluding carboxylic acids is 1. The number of hydrogen-bond donors (Lipinski definition) is 1. The summed E-state index contributed by atoms with van der Waals surface area (Å²) in [5, 5.41) is 10.6. The van der Waals surface area contributed by atoms with Crippen LogP contribution in [-0.2, 0) is 18.3 Å². The molecule has 1 aromatic carbocycles.